The molecule has 0 amide bonds. The lowest BCUT2D eigenvalue weighted by atomic mass is 9.81. The number of carboxylic acid groups (broad SMARTS) is 1. The molecule has 1 rings (SSSR count). The highest BCUT2D eigenvalue weighted by molar-refractivity contribution is 6.41. The Kier molecular flexibility index (Phi) is 2.49. The Labute approximate surface area is 69.3 Å². The number of hydrogen-bond donors (Lipinski definition) is 1. The van der Waals surface area contributed by atoms with Gasteiger partial charge in [0.2, 0.25) is 0 Å². The van der Waals surface area contributed by atoms with E-state index >= 15 is 0 Å². The molecule has 0 aromatic carbocycles. The van der Waals surface area contributed by atoms with Crippen LogP contribution in [0.4, 0.5) is 0 Å². The van der Waals surface area contributed by atoms with Crippen molar-refractivity contribution < 1.29 is 14.7 Å². The fraction of sp³-hybridized carbons (Fsp3) is 0.714. The number of carboxylic acids is 1. The molecule has 0 saturated heterocycles. The van der Waals surface area contributed by atoms with Gasteiger partial charge in [0.25, 0.3) is 0 Å². The first-order valence-corrected chi connectivity index (χ1v) is 3.97. The fourth-order valence-corrected chi connectivity index (χ4v) is 1.20. The third kappa shape index (κ3) is 1.71. The molecule has 0 heterocycles. The minimum atomic E-state index is -1.33. The van der Waals surface area contributed by atoms with E-state index in [-0.39, 0.29) is 11.7 Å². The second kappa shape index (κ2) is 3.22. The van der Waals surface area contributed by atoms with Crippen LogP contribution in [0.3, 0.4) is 0 Å². The molecule has 4 heteroatoms. The van der Waals surface area contributed by atoms with Gasteiger partial charge in [0.05, 0.1) is 0 Å². The predicted molar refractivity (Wildman–Crippen MR) is 39.6 cm³/mol. The first-order valence-electron chi connectivity index (χ1n) is 3.53. The summed E-state index contributed by atoms with van der Waals surface area (Å²) in [5.74, 6) is -1.65. The second-order valence-electron chi connectivity index (χ2n) is 2.73. The van der Waals surface area contributed by atoms with E-state index in [1.54, 1.807) is 0 Å². The number of rotatable bonds is 3. The van der Waals surface area contributed by atoms with Crippen molar-refractivity contribution in [2.24, 2.45) is 5.92 Å². The van der Waals surface area contributed by atoms with Crippen molar-refractivity contribution >= 4 is 23.4 Å². The highest BCUT2D eigenvalue weighted by atomic mass is 35.5. The summed E-state index contributed by atoms with van der Waals surface area (Å²) in [6.07, 6.45) is 2.62. The SMILES string of the molecule is O=C(O)C(Cl)C(=O)C1CCC1. The zero-order valence-electron chi connectivity index (χ0n) is 5.92. The fourth-order valence-electron chi connectivity index (χ4n) is 1.02. The van der Waals surface area contributed by atoms with Gasteiger partial charge < -0.3 is 5.11 Å². The Morgan fingerprint density at radius 2 is 2.00 bits per heavy atom. The molecule has 1 aliphatic rings. The van der Waals surface area contributed by atoms with Crippen LogP contribution in [-0.4, -0.2) is 22.2 Å². The first kappa shape index (κ1) is 8.53. The van der Waals surface area contributed by atoms with Crippen LogP contribution >= 0.6 is 11.6 Å². The van der Waals surface area contributed by atoms with Crippen LogP contribution in [0.15, 0.2) is 0 Å². The Balaban J connectivity index is 2.45. The maximum absolute atomic E-state index is 11.1. The van der Waals surface area contributed by atoms with Crippen molar-refractivity contribution in [3.8, 4) is 0 Å². The lowest BCUT2D eigenvalue weighted by Gasteiger charge is -2.24. The average Bonchev–Trinajstić information content (AvgIpc) is 1.82. The molecule has 0 spiro atoms. The Bertz CT molecular complexity index is 186. The summed E-state index contributed by atoms with van der Waals surface area (Å²) in [4.78, 5) is 21.3. The predicted octanol–water partition coefficient (Wildman–Crippen LogP) is 1.05. The molecule has 0 aliphatic heterocycles. The van der Waals surface area contributed by atoms with Gasteiger partial charge in [0, 0.05) is 5.92 Å². The normalized spacial score (nSPS) is 20.5. The number of aliphatic carboxylic acids is 1. The van der Waals surface area contributed by atoms with E-state index in [0.717, 1.165) is 19.3 Å². The van der Waals surface area contributed by atoms with Crippen LogP contribution in [0.1, 0.15) is 19.3 Å². The summed E-state index contributed by atoms with van der Waals surface area (Å²) in [5.41, 5.74) is 0. The van der Waals surface area contributed by atoms with E-state index in [1.165, 1.54) is 0 Å². The smallest absolute Gasteiger partial charge is 0.329 e. The summed E-state index contributed by atoms with van der Waals surface area (Å²) >= 11 is 5.32. The monoisotopic (exact) mass is 176 g/mol. The molecule has 0 radical (unpaired) electrons. The largest absolute Gasteiger partial charge is 0.480 e. The van der Waals surface area contributed by atoms with Gasteiger partial charge in [-0.1, -0.05) is 6.42 Å². The van der Waals surface area contributed by atoms with E-state index in [9.17, 15) is 9.59 Å². The molecule has 0 aromatic heterocycles. The second-order valence-corrected chi connectivity index (χ2v) is 3.17. The number of hydrogen-bond acceptors (Lipinski definition) is 2. The number of halogens is 1. The molecule has 3 nitrogen and oxygen atoms in total. The van der Waals surface area contributed by atoms with Crippen molar-refractivity contribution in [1.29, 1.82) is 0 Å². The van der Waals surface area contributed by atoms with Crippen LogP contribution in [0.5, 0.6) is 0 Å². The quantitative estimate of drug-likeness (QED) is 0.517. The summed E-state index contributed by atoms with van der Waals surface area (Å²) < 4.78 is 0. The van der Waals surface area contributed by atoms with E-state index in [2.05, 4.69) is 0 Å². The zero-order chi connectivity index (χ0) is 8.43. The van der Waals surface area contributed by atoms with Gasteiger partial charge in [0.1, 0.15) is 0 Å². The molecule has 1 unspecified atom stereocenters. The molecule has 1 N–H and O–H groups in total. The van der Waals surface area contributed by atoms with E-state index < -0.39 is 11.3 Å². The molecule has 1 aliphatic carbocycles. The van der Waals surface area contributed by atoms with Gasteiger partial charge in [0.15, 0.2) is 11.2 Å². The number of carbonyl (C=O) groups excluding carboxylic acids is 1. The number of alkyl halides is 1. The van der Waals surface area contributed by atoms with Gasteiger partial charge in [-0.3, -0.25) is 9.59 Å². The van der Waals surface area contributed by atoms with Crippen LogP contribution in [-0.2, 0) is 9.59 Å². The molecular weight excluding hydrogens is 168 g/mol. The van der Waals surface area contributed by atoms with Crippen molar-refractivity contribution in [1.82, 2.24) is 0 Å². The van der Waals surface area contributed by atoms with Crippen LogP contribution < -0.4 is 0 Å². The van der Waals surface area contributed by atoms with Crippen molar-refractivity contribution in [2.45, 2.75) is 24.6 Å². The minimum Gasteiger partial charge on any atom is -0.480 e. The van der Waals surface area contributed by atoms with Gasteiger partial charge in [-0.2, -0.15) is 0 Å². The van der Waals surface area contributed by atoms with E-state index in [4.69, 9.17) is 16.7 Å². The lowest BCUT2D eigenvalue weighted by molar-refractivity contribution is -0.141. The molecule has 1 atom stereocenters. The first-order chi connectivity index (χ1) is 5.13. The maximum atomic E-state index is 11.1. The number of Topliss-reactive ketones (excluding diaryl/α,β-unsaturated/α-hetero) is 1. The average molecular weight is 177 g/mol. The van der Waals surface area contributed by atoms with Gasteiger partial charge in [-0.05, 0) is 12.8 Å². The Morgan fingerprint density at radius 3 is 2.27 bits per heavy atom. The molecule has 0 aromatic rings. The van der Waals surface area contributed by atoms with Crippen LogP contribution in [0, 0.1) is 5.92 Å². The lowest BCUT2D eigenvalue weighted by Crippen LogP contribution is -2.33. The molecular formula is C7H9ClO3. The van der Waals surface area contributed by atoms with Gasteiger partial charge in [-0.25, -0.2) is 0 Å². The molecule has 62 valence electrons. The van der Waals surface area contributed by atoms with Crippen LogP contribution in [0.25, 0.3) is 0 Å². The third-order valence-corrected chi connectivity index (χ3v) is 2.38. The highest BCUT2D eigenvalue weighted by Crippen LogP contribution is 2.29. The Morgan fingerprint density at radius 1 is 1.45 bits per heavy atom. The topological polar surface area (TPSA) is 54.4 Å². The highest BCUT2D eigenvalue weighted by Gasteiger charge is 2.33. The number of carbonyl (C=O) groups is 2. The van der Waals surface area contributed by atoms with Gasteiger partial charge in [-0.15, -0.1) is 11.6 Å². The van der Waals surface area contributed by atoms with Crippen molar-refractivity contribution in [2.75, 3.05) is 0 Å². The zero-order valence-corrected chi connectivity index (χ0v) is 6.67. The molecule has 1 saturated carbocycles. The van der Waals surface area contributed by atoms with Gasteiger partial charge >= 0.3 is 5.97 Å². The summed E-state index contributed by atoms with van der Waals surface area (Å²) in [6, 6.07) is 0. The summed E-state index contributed by atoms with van der Waals surface area (Å²) in [7, 11) is 0. The molecule has 0 bridgehead atoms. The van der Waals surface area contributed by atoms with Crippen LogP contribution in [0.2, 0.25) is 0 Å². The van der Waals surface area contributed by atoms with Crippen molar-refractivity contribution in [3.05, 3.63) is 0 Å². The maximum Gasteiger partial charge on any atom is 0.329 e. The summed E-state index contributed by atoms with van der Waals surface area (Å²) in [6.45, 7) is 0. The van der Waals surface area contributed by atoms with E-state index in [0.29, 0.717) is 0 Å². The minimum absolute atomic E-state index is 0.0893. The van der Waals surface area contributed by atoms with E-state index in [1.807, 2.05) is 0 Å². The number of ketones is 1. The molecule has 1 fully saturated rings. The Hall–Kier alpha value is -0.570. The third-order valence-electron chi connectivity index (χ3n) is 1.97. The standard InChI is InChI=1S/C7H9ClO3/c8-5(7(10)11)6(9)4-2-1-3-4/h4-5H,1-3H2,(H,10,11). The molecule has 11 heavy (non-hydrogen) atoms. The van der Waals surface area contributed by atoms with Crippen molar-refractivity contribution in [3.63, 3.8) is 0 Å². The summed E-state index contributed by atoms with van der Waals surface area (Å²) in [5, 5.41) is 7.04.